The van der Waals surface area contributed by atoms with Gasteiger partial charge in [0.2, 0.25) is 27.8 Å². The zero-order chi connectivity index (χ0) is 39.0. The molecule has 2 atom stereocenters. The van der Waals surface area contributed by atoms with Gasteiger partial charge < -0.3 is 26.8 Å². The van der Waals surface area contributed by atoms with Crippen LogP contribution in [0.5, 0.6) is 0 Å². The normalized spacial score (nSPS) is 24.1. The molecule has 2 unspecified atom stereocenters. The van der Waals surface area contributed by atoms with E-state index in [1.165, 1.54) is 10.9 Å². The first kappa shape index (κ1) is 38.6. The Bertz CT molecular complexity index is 2100. The van der Waals surface area contributed by atoms with Crippen molar-refractivity contribution in [3.8, 4) is 0 Å². The average molecular weight is 843 g/mol. The number of aliphatic hydroxyl groups excluding tert-OH is 1. The number of aromatic nitrogens is 4. The van der Waals surface area contributed by atoms with Crippen molar-refractivity contribution in [2.75, 3.05) is 29.0 Å². The highest BCUT2D eigenvalue weighted by Crippen LogP contribution is 2.40. The van der Waals surface area contributed by atoms with E-state index in [0.717, 1.165) is 4.90 Å². The van der Waals surface area contributed by atoms with E-state index < -0.39 is 51.2 Å². The van der Waals surface area contributed by atoms with Crippen LogP contribution >= 0.6 is 15.9 Å². The number of aliphatic hydroxyl groups is 1. The fraction of sp³-hybridized carbons (Fsp3) is 0.514. The predicted octanol–water partition coefficient (Wildman–Crippen LogP) is 2.48. The zero-order valence-corrected chi connectivity index (χ0v) is 32.6. The number of fused-ring (bicyclic) bond motifs is 1. The monoisotopic (exact) mass is 841 g/mol. The highest BCUT2D eigenvalue weighted by molar-refractivity contribution is 9.10. The molecule has 3 aliphatic heterocycles. The Labute approximate surface area is 326 Å². The summed E-state index contributed by atoms with van der Waals surface area (Å²) in [6.45, 7) is 0.740. The number of amides is 4. The third-order valence-corrected chi connectivity index (χ3v) is 13.9. The van der Waals surface area contributed by atoms with Gasteiger partial charge in [0, 0.05) is 56.1 Å². The van der Waals surface area contributed by atoms with E-state index in [1.54, 1.807) is 35.7 Å². The number of aryl methyl sites for hydroxylation is 1. The molecule has 18 nitrogen and oxygen atoms in total. The minimum absolute atomic E-state index is 0.0160. The van der Waals surface area contributed by atoms with Crippen molar-refractivity contribution in [1.82, 2.24) is 34.3 Å². The van der Waals surface area contributed by atoms with Crippen LogP contribution in [-0.2, 0) is 26.7 Å². The Morgan fingerprint density at radius 3 is 2.38 bits per heavy atom. The van der Waals surface area contributed by atoms with Crippen LogP contribution in [0.4, 0.5) is 23.1 Å². The standard InChI is InChI=1S/C35H44BrN11O7S/c1-45-29(30(37)49)25(18-39-45)42-31-23(36)17-38-35(44-31)41-20-13-15-46(16-14-20)55(53,54)21-7-2-5-19(6-3-8-21)40-24-10-4-9-22-28(24)34(52)47(33(22)51)26-11-12-27(48)43-32(26)50/h4,9-10,17-21,26,33,40,51H,2-3,5-8,11-16H2,1H3,(H2,37,49)(H,43,48,50)(H2,38,41,42,44). The SMILES string of the molecule is Cn1ncc(Nc2nc(NC3CCN(S(=O)(=O)C4CCCC(Nc5cccc6c5C(=O)N(C5CCC(=O)NC5=O)C6O)CCC4)CC3)ncc2Br)c1C(N)=O. The first-order valence-electron chi connectivity index (χ1n) is 18.4. The number of hydrogen-bond acceptors (Lipinski definition) is 13. The van der Waals surface area contributed by atoms with Crippen molar-refractivity contribution in [1.29, 1.82) is 0 Å². The maximum Gasteiger partial charge on any atom is 0.269 e. The van der Waals surface area contributed by atoms with Gasteiger partial charge in [-0.2, -0.15) is 10.1 Å². The number of rotatable bonds is 10. The van der Waals surface area contributed by atoms with Crippen molar-refractivity contribution in [3.63, 3.8) is 0 Å². The molecule has 4 amide bonds. The number of piperidine rings is 2. The van der Waals surface area contributed by atoms with Gasteiger partial charge in [-0.15, -0.1) is 0 Å². The van der Waals surface area contributed by atoms with Crippen molar-refractivity contribution < 1.29 is 32.7 Å². The largest absolute Gasteiger partial charge is 0.382 e. The number of carbonyl (C=O) groups is 4. The van der Waals surface area contributed by atoms with Gasteiger partial charge in [0.25, 0.3) is 11.8 Å². The smallest absolute Gasteiger partial charge is 0.269 e. The number of primary amides is 1. The molecule has 2 saturated heterocycles. The maximum atomic E-state index is 13.9. The number of carbonyl (C=O) groups excluding carboxylic acids is 4. The van der Waals surface area contributed by atoms with Gasteiger partial charge in [0.15, 0.2) is 6.23 Å². The molecule has 5 heterocycles. The van der Waals surface area contributed by atoms with Crippen LogP contribution in [0.25, 0.3) is 0 Å². The second kappa shape index (κ2) is 15.8. The van der Waals surface area contributed by atoms with Crippen molar-refractivity contribution in [2.24, 2.45) is 12.8 Å². The van der Waals surface area contributed by atoms with E-state index in [9.17, 15) is 32.7 Å². The zero-order valence-electron chi connectivity index (χ0n) is 30.2. The van der Waals surface area contributed by atoms with Gasteiger partial charge in [0.1, 0.15) is 17.6 Å². The fourth-order valence-corrected chi connectivity index (χ4v) is 10.4. The maximum absolute atomic E-state index is 13.9. The lowest BCUT2D eigenvalue weighted by molar-refractivity contribution is -0.139. The van der Waals surface area contributed by atoms with Crippen LogP contribution < -0.4 is 27.0 Å². The molecule has 294 valence electrons. The third-order valence-electron chi connectivity index (χ3n) is 10.9. The Hall–Kier alpha value is -4.66. The van der Waals surface area contributed by atoms with E-state index in [2.05, 4.69) is 52.3 Å². The number of nitrogens with zero attached hydrogens (tertiary/aromatic N) is 6. The summed E-state index contributed by atoms with van der Waals surface area (Å²) < 4.78 is 31.3. The van der Waals surface area contributed by atoms with Crippen molar-refractivity contribution in [3.05, 3.63) is 51.9 Å². The van der Waals surface area contributed by atoms with Crippen LogP contribution in [0.1, 0.15) is 96.8 Å². The fourth-order valence-electron chi connectivity index (χ4n) is 8.05. The molecule has 0 bridgehead atoms. The number of nitrogens with one attached hydrogen (secondary N) is 4. The van der Waals surface area contributed by atoms with Crippen LogP contribution in [0, 0.1) is 0 Å². The van der Waals surface area contributed by atoms with E-state index in [0.29, 0.717) is 103 Å². The first-order chi connectivity index (χ1) is 26.3. The van der Waals surface area contributed by atoms with E-state index in [-0.39, 0.29) is 30.6 Å². The average Bonchev–Trinajstić information content (AvgIpc) is 3.63. The predicted molar refractivity (Wildman–Crippen MR) is 205 cm³/mol. The first-order valence-corrected chi connectivity index (χ1v) is 20.7. The third kappa shape index (κ3) is 7.90. The molecule has 3 fully saturated rings. The lowest BCUT2D eigenvalue weighted by atomic mass is 9.95. The topological polar surface area (TPSA) is 247 Å². The van der Waals surface area contributed by atoms with Crippen LogP contribution in [0.2, 0.25) is 0 Å². The summed E-state index contributed by atoms with van der Waals surface area (Å²) >= 11 is 3.43. The molecule has 4 aliphatic rings. The summed E-state index contributed by atoms with van der Waals surface area (Å²) in [4.78, 5) is 59.8. The summed E-state index contributed by atoms with van der Waals surface area (Å²) in [7, 11) is -1.93. The van der Waals surface area contributed by atoms with E-state index in [1.807, 2.05) is 0 Å². The van der Waals surface area contributed by atoms with E-state index >= 15 is 0 Å². The second-order valence-corrected chi connectivity index (χ2v) is 17.5. The van der Waals surface area contributed by atoms with Crippen molar-refractivity contribution in [2.45, 2.75) is 93.8 Å². The molecule has 1 saturated carbocycles. The van der Waals surface area contributed by atoms with Gasteiger partial charge >= 0.3 is 0 Å². The molecule has 1 aliphatic carbocycles. The Morgan fingerprint density at radius 2 is 1.69 bits per heavy atom. The number of benzene rings is 1. The molecule has 3 aromatic rings. The number of hydrogen-bond donors (Lipinski definition) is 6. The molecule has 1 aromatic carbocycles. The van der Waals surface area contributed by atoms with Crippen LogP contribution in [0.15, 0.2) is 35.1 Å². The second-order valence-electron chi connectivity index (χ2n) is 14.4. The Kier molecular flexibility index (Phi) is 11.1. The summed E-state index contributed by atoms with van der Waals surface area (Å²) in [6.07, 6.45) is 6.91. The minimum atomic E-state index is -3.54. The summed E-state index contributed by atoms with van der Waals surface area (Å²) in [5.74, 6) is -1.34. The van der Waals surface area contributed by atoms with E-state index in [4.69, 9.17) is 5.73 Å². The molecule has 7 N–H and O–H groups in total. The Balaban J connectivity index is 0.916. The summed E-state index contributed by atoms with van der Waals surface area (Å²) in [5, 5.41) is 26.8. The Morgan fingerprint density at radius 1 is 0.982 bits per heavy atom. The molecular weight excluding hydrogens is 798 g/mol. The van der Waals surface area contributed by atoms with Crippen LogP contribution in [-0.4, -0.2) is 103 Å². The molecule has 20 heteroatoms. The lowest BCUT2D eigenvalue weighted by Gasteiger charge is -2.35. The molecule has 7 rings (SSSR count). The van der Waals surface area contributed by atoms with Gasteiger partial charge in [0.05, 0.1) is 27.2 Å². The highest BCUT2D eigenvalue weighted by atomic mass is 79.9. The van der Waals surface area contributed by atoms with Gasteiger partial charge in [-0.05, 0) is 66.9 Å². The number of sulfonamides is 1. The number of imide groups is 1. The number of nitrogens with two attached hydrogens (primary N) is 1. The number of halogens is 1. The summed E-state index contributed by atoms with van der Waals surface area (Å²) in [6, 6.07) is 4.19. The van der Waals surface area contributed by atoms with Gasteiger partial charge in [-0.1, -0.05) is 25.0 Å². The molecule has 2 aromatic heterocycles. The lowest BCUT2D eigenvalue weighted by Crippen LogP contribution is -2.53. The molecule has 0 spiro atoms. The summed E-state index contributed by atoms with van der Waals surface area (Å²) in [5.41, 5.74) is 7.39. The quantitative estimate of drug-likeness (QED) is 0.161. The van der Waals surface area contributed by atoms with Gasteiger partial charge in [-0.25, -0.2) is 17.7 Å². The molecule has 55 heavy (non-hydrogen) atoms. The van der Waals surface area contributed by atoms with Crippen molar-refractivity contribution >= 4 is 72.7 Å². The molecular formula is C35H44BrN11O7S. The number of anilines is 4. The highest BCUT2D eigenvalue weighted by Gasteiger charge is 2.45. The van der Waals surface area contributed by atoms with Gasteiger partial charge in [-0.3, -0.25) is 34.1 Å². The minimum Gasteiger partial charge on any atom is -0.382 e. The molecule has 0 radical (unpaired) electrons. The van der Waals surface area contributed by atoms with Crippen LogP contribution in [0.3, 0.4) is 0 Å².